The van der Waals surface area contributed by atoms with Crippen LogP contribution in [0.5, 0.6) is 0 Å². The molecule has 0 bridgehead atoms. The Hall–Kier alpha value is -2.41. The van der Waals surface area contributed by atoms with Crippen LogP contribution in [-0.4, -0.2) is 27.6 Å². The molecule has 3 N–H and O–H groups in total. The lowest BCUT2D eigenvalue weighted by Crippen LogP contribution is -2.42. The summed E-state index contributed by atoms with van der Waals surface area (Å²) < 4.78 is 13.7. The second kappa shape index (κ2) is 5.17. The van der Waals surface area contributed by atoms with Gasteiger partial charge >= 0.3 is 5.97 Å². The van der Waals surface area contributed by atoms with Crippen LogP contribution in [0.2, 0.25) is 0 Å². The molecule has 0 atom stereocenters. The molecule has 0 spiro atoms. The summed E-state index contributed by atoms with van der Waals surface area (Å²) in [6, 6.07) is 4.41. The number of carboxylic acids is 1. The van der Waals surface area contributed by atoms with Gasteiger partial charge in [-0.1, -0.05) is 0 Å². The van der Waals surface area contributed by atoms with Gasteiger partial charge in [0, 0.05) is 10.9 Å². The van der Waals surface area contributed by atoms with Gasteiger partial charge in [-0.05, 0) is 44.5 Å². The molecule has 112 valence electrons. The van der Waals surface area contributed by atoms with Crippen molar-refractivity contribution < 1.29 is 23.9 Å². The molecule has 0 aliphatic rings. The molecule has 1 aromatic heterocycles. The summed E-state index contributed by atoms with van der Waals surface area (Å²) in [6.45, 7) is 4.33. The number of aromatic amines is 1. The Morgan fingerprint density at radius 3 is 2.62 bits per heavy atom. The zero-order valence-electron chi connectivity index (χ0n) is 11.8. The van der Waals surface area contributed by atoms with E-state index in [2.05, 4.69) is 4.98 Å². The number of H-pyrrole nitrogens is 1. The summed E-state index contributed by atoms with van der Waals surface area (Å²) in [6.07, 6.45) is 0. The Labute approximate surface area is 119 Å². The molecule has 1 heterocycles. The molecule has 0 saturated heterocycles. The lowest BCUT2D eigenvalue weighted by Gasteiger charge is -2.19. The van der Waals surface area contributed by atoms with Crippen LogP contribution in [0.15, 0.2) is 18.2 Å². The van der Waals surface area contributed by atoms with Crippen molar-refractivity contribution in [3.63, 3.8) is 0 Å². The van der Waals surface area contributed by atoms with Crippen LogP contribution < -0.4 is 5.48 Å². The number of carbonyl (C=O) groups excluding carboxylic acids is 1. The van der Waals surface area contributed by atoms with Gasteiger partial charge in [0.05, 0.1) is 0 Å². The van der Waals surface area contributed by atoms with Gasteiger partial charge in [0.25, 0.3) is 5.91 Å². The summed E-state index contributed by atoms with van der Waals surface area (Å²) in [5.41, 5.74) is 1.76. The molecule has 2 aromatic rings. The Morgan fingerprint density at radius 2 is 2.00 bits per heavy atom. The predicted molar refractivity (Wildman–Crippen MR) is 73.3 cm³/mol. The van der Waals surface area contributed by atoms with Gasteiger partial charge in [0.15, 0.2) is 5.60 Å². The largest absolute Gasteiger partial charge is 0.479 e. The Bertz CT molecular complexity index is 721. The zero-order valence-corrected chi connectivity index (χ0v) is 11.8. The van der Waals surface area contributed by atoms with Gasteiger partial charge < -0.3 is 10.1 Å². The number of amides is 1. The minimum absolute atomic E-state index is 0.0793. The highest BCUT2D eigenvalue weighted by molar-refractivity contribution is 5.97. The quantitative estimate of drug-likeness (QED) is 0.753. The van der Waals surface area contributed by atoms with Gasteiger partial charge in [-0.3, -0.25) is 9.63 Å². The van der Waals surface area contributed by atoms with Crippen LogP contribution in [0.3, 0.4) is 0 Å². The number of hydrogen-bond acceptors (Lipinski definition) is 3. The molecular weight excluding hydrogens is 279 g/mol. The second-order valence-electron chi connectivity index (χ2n) is 5.24. The number of aryl methyl sites for hydroxylation is 1. The zero-order chi connectivity index (χ0) is 15.8. The lowest BCUT2D eigenvalue weighted by molar-refractivity contribution is -0.167. The van der Waals surface area contributed by atoms with Crippen molar-refractivity contribution in [2.75, 3.05) is 0 Å². The molecule has 1 aromatic carbocycles. The summed E-state index contributed by atoms with van der Waals surface area (Å²) >= 11 is 0. The molecule has 2 rings (SSSR count). The first-order valence-corrected chi connectivity index (χ1v) is 6.21. The van der Waals surface area contributed by atoms with Crippen LogP contribution in [0.1, 0.15) is 29.9 Å². The minimum atomic E-state index is -1.57. The molecule has 7 heteroatoms. The van der Waals surface area contributed by atoms with Gasteiger partial charge in [-0.25, -0.2) is 14.7 Å². The lowest BCUT2D eigenvalue weighted by atomic mass is 10.1. The van der Waals surface area contributed by atoms with E-state index in [1.807, 2.05) is 5.48 Å². The fourth-order valence-electron chi connectivity index (χ4n) is 1.72. The smallest absolute Gasteiger partial charge is 0.338 e. The molecule has 0 radical (unpaired) electrons. The predicted octanol–water partition coefficient (Wildman–Crippen LogP) is 2.14. The molecule has 6 nitrogen and oxygen atoms in total. The van der Waals surface area contributed by atoms with Crippen LogP contribution in [0.4, 0.5) is 4.39 Å². The van der Waals surface area contributed by atoms with Crippen molar-refractivity contribution in [2.45, 2.75) is 26.4 Å². The molecule has 0 unspecified atom stereocenters. The molecule has 0 aliphatic carbocycles. The van der Waals surface area contributed by atoms with E-state index in [-0.39, 0.29) is 11.1 Å². The normalized spacial score (nSPS) is 11.6. The maximum absolute atomic E-state index is 13.7. The Kier molecular flexibility index (Phi) is 3.69. The monoisotopic (exact) mass is 294 g/mol. The van der Waals surface area contributed by atoms with E-state index in [1.165, 1.54) is 26.0 Å². The number of halogens is 1. The second-order valence-corrected chi connectivity index (χ2v) is 5.24. The number of carboxylic acid groups (broad SMARTS) is 1. The number of aromatic nitrogens is 1. The van der Waals surface area contributed by atoms with Crippen molar-refractivity contribution in [1.82, 2.24) is 10.5 Å². The van der Waals surface area contributed by atoms with Gasteiger partial charge in [0.2, 0.25) is 0 Å². The van der Waals surface area contributed by atoms with Crippen molar-refractivity contribution in [3.8, 4) is 0 Å². The number of benzene rings is 1. The van der Waals surface area contributed by atoms with E-state index in [4.69, 9.17) is 9.94 Å². The summed E-state index contributed by atoms with van der Waals surface area (Å²) in [4.78, 5) is 30.4. The molecule has 0 aliphatic heterocycles. The molecule has 21 heavy (non-hydrogen) atoms. The van der Waals surface area contributed by atoms with Gasteiger partial charge in [-0.2, -0.15) is 0 Å². The number of fused-ring (bicyclic) bond motifs is 1. The van der Waals surface area contributed by atoms with E-state index in [9.17, 15) is 14.0 Å². The SMILES string of the molecule is Cc1cc(F)c2cc(C(=O)NOC(C)(C)C(=O)O)[nH]c2c1. The van der Waals surface area contributed by atoms with Crippen molar-refractivity contribution in [2.24, 2.45) is 0 Å². The molecule has 0 saturated carbocycles. The van der Waals surface area contributed by atoms with Crippen molar-refractivity contribution in [3.05, 3.63) is 35.3 Å². The number of hydroxylamine groups is 1. The van der Waals surface area contributed by atoms with Crippen LogP contribution in [0.25, 0.3) is 10.9 Å². The standard InChI is InChI=1S/C14H15FN2O4/c1-7-4-9(15)8-6-11(16-10(8)5-7)12(18)17-21-14(2,3)13(19)20/h4-6,16H,1-3H3,(H,17,18)(H,19,20). The molecule has 1 amide bonds. The average Bonchev–Trinajstić information content (AvgIpc) is 2.80. The maximum Gasteiger partial charge on any atom is 0.338 e. The highest BCUT2D eigenvalue weighted by atomic mass is 19.1. The average molecular weight is 294 g/mol. The van der Waals surface area contributed by atoms with E-state index in [0.717, 1.165) is 5.56 Å². The summed E-state index contributed by atoms with van der Waals surface area (Å²) in [5, 5.41) is 9.15. The molecular formula is C14H15FN2O4. The fourth-order valence-corrected chi connectivity index (χ4v) is 1.72. The van der Waals surface area contributed by atoms with E-state index >= 15 is 0 Å². The number of rotatable bonds is 4. The van der Waals surface area contributed by atoms with Crippen molar-refractivity contribution >= 4 is 22.8 Å². The minimum Gasteiger partial charge on any atom is -0.479 e. The summed E-state index contributed by atoms with van der Waals surface area (Å²) in [5.74, 6) is -2.34. The Balaban J connectivity index is 2.21. The van der Waals surface area contributed by atoms with Crippen molar-refractivity contribution in [1.29, 1.82) is 0 Å². The van der Waals surface area contributed by atoms with E-state index < -0.39 is 23.3 Å². The Morgan fingerprint density at radius 1 is 1.33 bits per heavy atom. The van der Waals surface area contributed by atoms with Gasteiger partial charge in [-0.15, -0.1) is 0 Å². The number of aliphatic carboxylic acids is 1. The third kappa shape index (κ3) is 3.03. The van der Waals surface area contributed by atoms with E-state index in [1.54, 1.807) is 13.0 Å². The van der Waals surface area contributed by atoms with Crippen LogP contribution in [-0.2, 0) is 9.63 Å². The van der Waals surface area contributed by atoms with Gasteiger partial charge in [0.1, 0.15) is 11.5 Å². The fraction of sp³-hybridized carbons (Fsp3) is 0.286. The first-order valence-electron chi connectivity index (χ1n) is 6.21. The summed E-state index contributed by atoms with van der Waals surface area (Å²) in [7, 11) is 0. The number of hydrogen-bond donors (Lipinski definition) is 3. The number of carbonyl (C=O) groups is 2. The van der Waals surface area contributed by atoms with Crippen LogP contribution in [0, 0.1) is 12.7 Å². The highest BCUT2D eigenvalue weighted by Crippen LogP contribution is 2.21. The topological polar surface area (TPSA) is 91.4 Å². The third-order valence-corrected chi connectivity index (χ3v) is 2.99. The molecule has 0 fully saturated rings. The first-order chi connectivity index (χ1) is 9.70. The highest BCUT2D eigenvalue weighted by Gasteiger charge is 2.30. The number of nitrogens with one attached hydrogen (secondary N) is 2. The van der Waals surface area contributed by atoms with E-state index in [0.29, 0.717) is 5.52 Å². The first kappa shape index (κ1) is 15.0. The third-order valence-electron chi connectivity index (χ3n) is 2.99. The maximum atomic E-state index is 13.7. The van der Waals surface area contributed by atoms with Crippen LogP contribution >= 0.6 is 0 Å².